The van der Waals surface area contributed by atoms with E-state index in [4.69, 9.17) is 4.42 Å². The van der Waals surface area contributed by atoms with Crippen LogP contribution in [0.2, 0.25) is 0 Å². The SMILES string of the molecule is O=C(Cc1ccoc1)c1ccc(F)cc1I. The number of ketones is 1. The van der Waals surface area contributed by atoms with Crippen molar-refractivity contribution in [3.63, 3.8) is 0 Å². The normalized spacial score (nSPS) is 10.4. The smallest absolute Gasteiger partial charge is 0.168 e. The van der Waals surface area contributed by atoms with Gasteiger partial charge in [-0.3, -0.25) is 4.79 Å². The van der Waals surface area contributed by atoms with Gasteiger partial charge < -0.3 is 4.42 Å². The molecular weight excluding hydrogens is 322 g/mol. The Labute approximate surface area is 106 Å². The Kier molecular flexibility index (Phi) is 3.38. The van der Waals surface area contributed by atoms with Crippen LogP contribution in [-0.2, 0) is 6.42 Å². The minimum absolute atomic E-state index is 0.0363. The van der Waals surface area contributed by atoms with Gasteiger partial charge in [-0.25, -0.2) is 4.39 Å². The van der Waals surface area contributed by atoms with Crippen LogP contribution in [0.1, 0.15) is 15.9 Å². The van der Waals surface area contributed by atoms with Crippen LogP contribution < -0.4 is 0 Å². The molecule has 0 N–H and O–H groups in total. The van der Waals surface area contributed by atoms with Crippen molar-refractivity contribution in [2.24, 2.45) is 0 Å². The highest BCUT2D eigenvalue weighted by atomic mass is 127. The average Bonchev–Trinajstić information content (AvgIpc) is 2.70. The highest BCUT2D eigenvalue weighted by Gasteiger charge is 2.11. The molecule has 0 saturated carbocycles. The van der Waals surface area contributed by atoms with Gasteiger partial charge in [0, 0.05) is 15.6 Å². The lowest BCUT2D eigenvalue weighted by molar-refractivity contribution is 0.0992. The van der Waals surface area contributed by atoms with E-state index in [-0.39, 0.29) is 18.0 Å². The van der Waals surface area contributed by atoms with Gasteiger partial charge in [0.1, 0.15) is 5.82 Å². The summed E-state index contributed by atoms with van der Waals surface area (Å²) in [6, 6.07) is 5.90. The summed E-state index contributed by atoms with van der Waals surface area (Å²) in [6.45, 7) is 0. The van der Waals surface area contributed by atoms with Crippen molar-refractivity contribution >= 4 is 28.4 Å². The van der Waals surface area contributed by atoms with Crippen LogP contribution >= 0.6 is 22.6 Å². The molecule has 2 aromatic rings. The monoisotopic (exact) mass is 330 g/mol. The molecule has 0 bridgehead atoms. The molecule has 1 aromatic heterocycles. The van der Waals surface area contributed by atoms with E-state index in [0.717, 1.165) is 5.56 Å². The standard InChI is InChI=1S/C12H8FIO2/c13-9-1-2-10(11(14)6-9)12(15)5-8-3-4-16-7-8/h1-4,6-7H,5H2. The van der Waals surface area contributed by atoms with E-state index in [0.29, 0.717) is 9.13 Å². The minimum atomic E-state index is -0.329. The zero-order valence-electron chi connectivity index (χ0n) is 8.24. The molecule has 0 fully saturated rings. The Bertz CT molecular complexity index is 506. The van der Waals surface area contributed by atoms with Gasteiger partial charge >= 0.3 is 0 Å². The lowest BCUT2D eigenvalue weighted by Crippen LogP contribution is -2.05. The van der Waals surface area contributed by atoms with Crippen LogP contribution in [0.25, 0.3) is 0 Å². The first-order valence-corrected chi connectivity index (χ1v) is 5.74. The quantitative estimate of drug-likeness (QED) is 0.637. The van der Waals surface area contributed by atoms with Crippen molar-refractivity contribution in [1.29, 1.82) is 0 Å². The van der Waals surface area contributed by atoms with Crippen LogP contribution in [-0.4, -0.2) is 5.78 Å². The Balaban J connectivity index is 2.21. The Morgan fingerprint density at radius 3 is 2.81 bits per heavy atom. The van der Waals surface area contributed by atoms with Crippen molar-refractivity contribution in [2.45, 2.75) is 6.42 Å². The van der Waals surface area contributed by atoms with Gasteiger partial charge in [-0.05, 0) is 52.4 Å². The predicted molar refractivity (Wildman–Crippen MR) is 65.9 cm³/mol. The third kappa shape index (κ3) is 2.49. The van der Waals surface area contributed by atoms with Crippen LogP contribution in [0.4, 0.5) is 4.39 Å². The first-order valence-electron chi connectivity index (χ1n) is 4.66. The Hall–Kier alpha value is -1.17. The lowest BCUT2D eigenvalue weighted by atomic mass is 10.1. The molecule has 0 aliphatic heterocycles. The second-order valence-corrected chi connectivity index (χ2v) is 4.52. The van der Waals surface area contributed by atoms with Crippen molar-refractivity contribution in [1.82, 2.24) is 0 Å². The Morgan fingerprint density at radius 1 is 1.38 bits per heavy atom. The second-order valence-electron chi connectivity index (χ2n) is 3.36. The van der Waals surface area contributed by atoms with E-state index < -0.39 is 0 Å². The lowest BCUT2D eigenvalue weighted by Gasteiger charge is -2.02. The van der Waals surface area contributed by atoms with Gasteiger partial charge in [-0.1, -0.05) is 0 Å². The van der Waals surface area contributed by atoms with Gasteiger partial charge in [0.25, 0.3) is 0 Å². The molecule has 0 amide bonds. The van der Waals surface area contributed by atoms with Gasteiger partial charge in [0.05, 0.1) is 12.5 Å². The fourth-order valence-corrected chi connectivity index (χ4v) is 2.17. The van der Waals surface area contributed by atoms with Gasteiger partial charge in [-0.15, -0.1) is 0 Å². The summed E-state index contributed by atoms with van der Waals surface area (Å²) >= 11 is 1.96. The van der Waals surface area contributed by atoms with Crippen LogP contribution in [0.3, 0.4) is 0 Å². The van der Waals surface area contributed by atoms with Gasteiger partial charge in [-0.2, -0.15) is 0 Å². The average molecular weight is 330 g/mol. The van der Waals surface area contributed by atoms with E-state index in [1.54, 1.807) is 6.07 Å². The number of Topliss-reactive ketones (excluding diaryl/α,β-unsaturated/α-hetero) is 1. The van der Waals surface area contributed by atoms with E-state index in [2.05, 4.69) is 0 Å². The summed E-state index contributed by atoms with van der Waals surface area (Å²) in [4.78, 5) is 11.9. The molecule has 82 valence electrons. The van der Waals surface area contributed by atoms with E-state index >= 15 is 0 Å². The molecular formula is C12H8FIO2. The van der Waals surface area contributed by atoms with Crippen LogP contribution in [0, 0.1) is 9.39 Å². The number of furan rings is 1. The molecule has 0 spiro atoms. The molecule has 4 heteroatoms. The first kappa shape index (κ1) is 11.3. The molecule has 0 aliphatic carbocycles. The fourth-order valence-electron chi connectivity index (χ4n) is 1.39. The van der Waals surface area contributed by atoms with E-state index in [9.17, 15) is 9.18 Å². The Morgan fingerprint density at radius 2 is 2.19 bits per heavy atom. The zero-order valence-corrected chi connectivity index (χ0v) is 10.4. The molecule has 2 nitrogen and oxygen atoms in total. The number of hydrogen-bond donors (Lipinski definition) is 0. The molecule has 0 radical (unpaired) electrons. The third-order valence-corrected chi connectivity index (χ3v) is 3.07. The number of carbonyl (C=O) groups is 1. The third-order valence-electron chi connectivity index (χ3n) is 2.18. The molecule has 0 aliphatic rings. The summed E-state index contributed by atoms with van der Waals surface area (Å²) in [5.41, 5.74) is 1.37. The molecule has 1 heterocycles. The van der Waals surface area contributed by atoms with E-state index in [1.165, 1.54) is 30.7 Å². The maximum absolute atomic E-state index is 12.9. The predicted octanol–water partition coefficient (Wildman–Crippen LogP) is 3.45. The summed E-state index contributed by atoms with van der Waals surface area (Å²) in [6.07, 6.45) is 3.34. The highest BCUT2D eigenvalue weighted by molar-refractivity contribution is 14.1. The van der Waals surface area contributed by atoms with Crippen molar-refractivity contribution in [2.75, 3.05) is 0 Å². The van der Waals surface area contributed by atoms with E-state index in [1.807, 2.05) is 22.6 Å². The van der Waals surface area contributed by atoms with Crippen LogP contribution in [0.5, 0.6) is 0 Å². The molecule has 1 aromatic carbocycles. The highest BCUT2D eigenvalue weighted by Crippen LogP contribution is 2.16. The largest absolute Gasteiger partial charge is 0.472 e. The number of carbonyl (C=O) groups excluding carboxylic acids is 1. The summed E-state index contributed by atoms with van der Waals surface area (Å²) in [5, 5.41) is 0. The van der Waals surface area contributed by atoms with Crippen molar-refractivity contribution in [3.05, 3.63) is 57.3 Å². The molecule has 2 rings (SSSR count). The second kappa shape index (κ2) is 4.78. The van der Waals surface area contributed by atoms with Crippen LogP contribution in [0.15, 0.2) is 41.2 Å². The van der Waals surface area contributed by atoms with Crippen molar-refractivity contribution < 1.29 is 13.6 Å². The number of rotatable bonds is 3. The summed E-state index contributed by atoms with van der Waals surface area (Å²) in [7, 11) is 0. The topological polar surface area (TPSA) is 30.2 Å². The summed E-state index contributed by atoms with van der Waals surface area (Å²) in [5.74, 6) is -0.366. The molecule has 0 unspecified atom stereocenters. The van der Waals surface area contributed by atoms with Gasteiger partial charge in [0.2, 0.25) is 0 Å². The number of benzene rings is 1. The molecule has 16 heavy (non-hydrogen) atoms. The molecule has 0 atom stereocenters. The number of halogens is 2. The fraction of sp³-hybridized carbons (Fsp3) is 0.0833. The zero-order chi connectivity index (χ0) is 11.5. The minimum Gasteiger partial charge on any atom is -0.472 e. The van der Waals surface area contributed by atoms with Gasteiger partial charge in [0.15, 0.2) is 5.78 Å². The molecule has 0 saturated heterocycles. The maximum Gasteiger partial charge on any atom is 0.168 e. The summed E-state index contributed by atoms with van der Waals surface area (Å²) < 4.78 is 18.4. The maximum atomic E-state index is 12.9. The van der Waals surface area contributed by atoms with Crippen molar-refractivity contribution in [3.8, 4) is 0 Å². The first-order chi connectivity index (χ1) is 7.66. The number of hydrogen-bond acceptors (Lipinski definition) is 2.